The molecule has 122 valence electrons. The molecule has 1 fully saturated rings. The number of hydrogen-bond donors (Lipinski definition) is 1. The third-order valence-electron chi connectivity index (χ3n) is 4.41. The number of rotatable bonds is 4. The van der Waals surface area contributed by atoms with Gasteiger partial charge < -0.3 is 10.0 Å². The number of carbonyl (C=O) groups excluding carboxylic acids is 1. The Labute approximate surface area is 142 Å². The van der Waals surface area contributed by atoms with Crippen LogP contribution in [0.3, 0.4) is 0 Å². The van der Waals surface area contributed by atoms with Crippen LogP contribution in [0.4, 0.5) is 0 Å². The van der Waals surface area contributed by atoms with Gasteiger partial charge in [-0.25, -0.2) is 0 Å². The van der Waals surface area contributed by atoms with Gasteiger partial charge in [0.15, 0.2) is 0 Å². The zero-order valence-corrected chi connectivity index (χ0v) is 14.6. The zero-order valence-electron chi connectivity index (χ0n) is 13.1. The molecule has 0 bridgehead atoms. The van der Waals surface area contributed by atoms with Gasteiger partial charge in [0.05, 0.1) is 6.10 Å². The lowest BCUT2D eigenvalue weighted by Crippen LogP contribution is -2.45. The van der Waals surface area contributed by atoms with Crippen molar-refractivity contribution in [2.45, 2.75) is 39.2 Å². The fourth-order valence-electron chi connectivity index (χ4n) is 3.02. The lowest BCUT2D eigenvalue weighted by atomic mass is 9.91. The Balaban J connectivity index is 1.99. The summed E-state index contributed by atoms with van der Waals surface area (Å²) in [5, 5.41) is 10.9. The van der Waals surface area contributed by atoms with Crippen LogP contribution in [0, 0.1) is 11.8 Å². The van der Waals surface area contributed by atoms with Gasteiger partial charge in [-0.05, 0) is 43.9 Å². The summed E-state index contributed by atoms with van der Waals surface area (Å²) in [5.41, 5.74) is 0.941. The van der Waals surface area contributed by atoms with E-state index in [4.69, 9.17) is 23.2 Å². The summed E-state index contributed by atoms with van der Waals surface area (Å²) in [7, 11) is 0. The first-order valence-corrected chi connectivity index (χ1v) is 8.55. The van der Waals surface area contributed by atoms with E-state index in [2.05, 4.69) is 0 Å². The highest BCUT2D eigenvalue weighted by Crippen LogP contribution is 2.26. The average molecular weight is 344 g/mol. The molecule has 22 heavy (non-hydrogen) atoms. The van der Waals surface area contributed by atoms with Crippen molar-refractivity contribution in [3.05, 3.63) is 33.8 Å². The number of carbonyl (C=O) groups is 1. The molecule has 1 saturated heterocycles. The summed E-state index contributed by atoms with van der Waals surface area (Å²) in [6, 6.07) is 5.38. The average Bonchev–Trinajstić information content (AvgIpc) is 2.49. The number of benzene rings is 1. The molecule has 1 aliphatic heterocycles. The maximum atomic E-state index is 12.6. The molecule has 2 rings (SSSR count). The van der Waals surface area contributed by atoms with Crippen LogP contribution in [0.5, 0.6) is 0 Å². The number of halogens is 2. The van der Waals surface area contributed by atoms with E-state index < -0.39 is 0 Å². The third-order valence-corrected chi connectivity index (χ3v) is 5.00. The minimum atomic E-state index is -0.364. The second-order valence-corrected chi connectivity index (χ2v) is 7.11. The maximum Gasteiger partial charge on any atom is 0.225 e. The van der Waals surface area contributed by atoms with Crippen molar-refractivity contribution in [1.29, 1.82) is 0 Å². The van der Waals surface area contributed by atoms with Crippen LogP contribution >= 0.6 is 23.2 Å². The van der Waals surface area contributed by atoms with Crippen molar-refractivity contribution in [2.75, 3.05) is 13.1 Å². The van der Waals surface area contributed by atoms with E-state index in [1.54, 1.807) is 19.1 Å². The quantitative estimate of drug-likeness (QED) is 0.903. The van der Waals surface area contributed by atoms with Crippen molar-refractivity contribution < 1.29 is 9.90 Å². The van der Waals surface area contributed by atoms with Crippen LogP contribution in [0.2, 0.25) is 10.0 Å². The molecule has 1 N–H and O–H groups in total. The molecule has 0 radical (unpaired) electrons. The molecule has 0 aromatic heterocycles. The molecular formula is C17H23Cl2NO2. The Morgan fingerprint density at radius 2 is 2.14 bits per heavy atom. The predicted molar refractivity (Wildman–Crippen MR) is 90.3 cm³/mol. The van der Waals surface area contributed by atoms with Gasteiger partial charge in [-0.15, -0.1) is 0 Å². The molecule has 1 aromatic rings. The van der Waals surface area contributed by atoms with Gasteiger partial charge in [0.25, 0.3) is 0 Å². The molecule has 3 unspecified atom stereocenters. The molecule has 0 spiro atoms. The summed E-state index contributed by atoms with van der Waals surface area (Å²) in [5.74, 6) is 0.187. The smallest absolute Gasteiger partial charge is 0.225 e. The lowest BCUT2D eigenvalue weighted by molar-refractivity contribution is -0.137. The first-order valence-electron chi connectivity index (χ1n) is 7.79. The molecule has 1 amide bonds. The second-order valence-electron chi connectivity index (χ2n) is 6.27. The Morgan fingerprint density at radius 3 is 2.77 bits per heavy atom. The highest BCUT2D eigenvalue weighted by molar-refractivity contribution is 6.35. The van der Waals surface area contributed by atoms with Crippen LogP contribution in [-0.2, 0) is 11.2 Å². The van der Waals surface area contributed by atoms with Gasteiger partial charge in [0.1, 0.15) is 0 Å². The van der Waals surface area contributed by atoms with Crippen LogP contribution in [0.15, 0.2) is 18.2 Å². The molecule has 1 aromatic carbocycles. The summed E-state index contributed by atoms with van der Waals surface area (Å²) in [4.78, 5) is 14.5. The van der Waals surface area contributed by atoms with E-state index in [1.807, 2.05) is 17.9 Å². The Morgan fingerprint density at radius 1 is 1.41 bits per heavy atom. The Kier molecular flexibility index (Phi) is 6.13. The predicted octanol–water partition coefficient (Wildman–Crippen LogP) is 3.79. The summed E-state index contributed by atoms with van der Waals surface area (Å²) in [6.07, 6.45) is 2.18. The van der Waals surface area contributed by atoms with Crippen LogP contribution in [-0.4, -0.2) is 35.1 Å². The highest BCUT2D eigenvalue weighted by Gasteiger charge is 2.29. The second kappa shape index (κ2) is 7.67. The molecular weight excluding hydrogens is 321 g/mol. The molecule has 1 heterocycles. The Hall–Kier alpha value is -0.770. The SMILES string of the molecule is CC(Cc1ccc(Cl)cc1Cl)C(=O)N1CCCC(C(C)O)C1. The van der Waals surface area contributed by atoms with Crippen LogP contribution < -0.4 is 0 Å². The van der Waals surface area contributed by atoms with Crippen molar-refractivity contribution >= 4 is 29.1 Å². The normalized spacial score (nSPS) is 21.5. The minimum absolute atomic E-state index is 0.133. The number of likely N-dealkylation sites (tertiary alicyclic amines) is 1. The van der Waals surface area contributed by atoms with E-state index in [0.717, 1.165) is 24.9 Å². The summed E-state index contributed by atoms with van der Waals surface area (Å²) < 4.78 is 0. The van der Waals surface area contributed by atoms with Crippen LogP contribution in [0.25, 0.3) is 0 Å². The first-order chi connectivity index (χ1) is 10.4. The molecule has 3 atom stereocenters. The third kappa shape index (κ3) is 4.37. The number of amides is 1. The van der Waals surface area contributed by atoms with E-state index in [9.17, 15) is 9.90 Å². The molecule has 3 nitrogen and oxygen atoms in total. The van der Waals surface area contributed by atoms with Gasteiger partial charge in [-0.2, -0.15) is 0 Å². The highest BCUT2D eigenvalue weighted by atomic mass is 35.5. The number of nitrogens with zero attached hydrogens (tertiary/aromatic N) is 1. The number of hydrogen-bond acceptors (Lipinski definition) is 2. The molecule has 1 aliphatic rings. The van der Waals surface area contributed by atoms with E-state index in [0.29, 0.717) is 23.0 Å². The monoisotopic (exact) mass is 343 g/mol. The van der Waals surface area contributed by atoms with Gasteiger partial charge in [0.2, 0.25) is 5.91 Å². The molecule has 0 saturated carbocycles. The fraction of sp³-hybridized carbons (Fsp3) is 0.588. The minimum Gasteiger partial charge on any atom is -0.393 e. The first kappa shape index (κ1) is 17.6. The van der Waals surface area contributed by atoms with Gasteiger partial charge >= 0.3 is 0 Å². The van der Waals surface area contributed by atoms with Gasteiger partial charge in [-0.3, -0.25) is 4.79 Å². The van der Waals surface area contributed by atoms with Crippen molar-refractivity contribution in [3.63, 3.8) is 0 Å². The standard InChI is InChI=1S/C17H23Cl2NO2/c1-11(8-13-5-6-15(18)9-16(13)19)17(22)20-7-3-4-14(10-20)12(2)21/h5-6,9,11-12,14,21H,3-4,7-8,10H2,1-2H3. The fourth-order valence-corrected chi connectivity index (χ4v) is 3.51. The van der Waals surface area contributed by atoms with Crippen LogP contribution in [0.1, 0.15) is 32.3 Å². The zero-order chi connectivity index (χ0) is 16.3. The molecule has 5 heteroatoms. The maximum absolute atomic E-state index is 12.6. The number of aliphatic hydroxyl groups is 1. The largest absolute Gasteiger partial charge is 0.393 e. The lowest BCUT2D eigenvalue weighted by Gasteiger charge is -2.35. The topological polar surface area (TPSA) is 40.5 Å². The van der Waals surface area contributed by atoms with E-state index in [1.165, 1.54) is 0 Å². The van der Waals surface area contributed by atoms with E-state index >= 15 is 0 Å². The van der Waals surface area contributed by atoms with E-state index in [-0.39, 0.29) is 23.8 Å². The number of piperidine rings is 1. The van der Waals surface area contributed by atoms with Crippen molar-refractivity contribution in [2.24, 2.45) is 11.8 Å². The van der Waals surface area contributed by atoms with Gasteiger partial charge in [0, 0.05) is 35.0 Å². The van der Waals surface area contributed by atoms with Gasteiger partial charge in [-0.1, -0.05) is 36.2 Å². The summed E-state index contributed by atoms with van der Waals surface area (Å²) in [6.45, 7) is 5.16. The van der Waals surface area contributed by atoms with Crippen molar-refractivity contribution in [1.82, 2.24) is 4.90 Å². The number of aliphatic hydroxyl groups excluding tert-OH is 1. The Bertz CT molecular complexity index is 533. The molecule has 0 aliphatic carbocycles. The van der Waals surface area contributed by atoms with Crippen molar-refractivity contribution in [3.8, 4) is 0 Å². The summed E-state index contributed by atoms with van der Waals surface area (Å²) >= 11 is 12.1.